The van der Waals surface area contributed by atoms with Gasteiger partial charge in [-0.1, -0.05) is 11.6 Å². The van der Waals surface area contributed by atoms with Gasteiger partial charge < -0.3 is 19.9 Å². The van der Waals surface area contributed by atoms with Gasteiger partial charge in [0.1, 0.15) is 11.6 Å². The van der Waals surface area contributed by atoms with E-state index in [1.54, 1.807) is 12.1 Å². The molecule has 2 aromatic rings. The van der Waals surface area contributed by atoms with Crippen LogP contribution in [0.3, 0.4) is 0 Å². The first kappa shape index (κ1) is 25.2. The van der Waals surface area contributed by atoms with Crippen LogP contribution in [-0.4, -0.2) is 79.1 Å². The number of aryl methyl sites for hydroxylation is 1. The standard InChI is InChI=1S/C27H36N6O4S/c1-18-9-10-22(30-38(2,35)36)20(16-18)27(34)32-11-4-3-8-24(32)23-17-25-28-21-7-5-6-19(21)26(33(25)29-23)31-12-14-37-15-13-31/h9-10,16-17,21,24,28,30H,3-8,11-15H2,1-2H3. The number of likely N-dealkylation sites (tertiary alicyclic amines) is 1. The molecule has 11 heteroatoms. The molecule has 1 aromatic heterocycles. The minimum atomic E-state index is -3.53. The number of rotatable bonds is 5. The number of ether oxygens (including phenoxy) is 1. The van der Waals surface area contributed by atoms with Crippen LogP contribution in [0.4, 0.5) is 11.5 Å². The van der Waals surface area contributed by atoms with Crippen LogP contribution in [0.2, 0.25) is 0 Å². The minimum Gasteiger partial charge on any atom is -0.378 e. The molecule has 1 aliphatic carbocycles. The van der Waals surface area contributed by atoms with Crippen molar-refractivity contribution in [3.05, 3.63) is 46.7 Å². The molecule has 204 valence electrons. The average Bonchev–Trinajstić information content (AvgIpc) is 3.54. The molecule has 38 heavy (non-hydrogen) atoms. The van der Waals surface area contributed by atoms with Gasteiger partial charge in [-0.15, -0.1) is 0 Å². The number of anilines is 2. The average molecular weight is 541 g/mol. The summed E-state index contributed by atoms with van der Waals surface area (Å²) in [6, 6.07) is 7.50. The molecule has 3 aliphatic heterocycles. The van der Waals surface area contributed by atoms with E-state index in [2.05, 4.69) is 25.7 Å². The Morgan fingerprint density at radius 2 is 1.92 bits per heavy atom. The molecule has 2 N–H and O–H groups in total. The van der Waals surface area contributed by atoms with Crippen LogP contribution in [0.5, 0.6) is 0 Å². The molecular weight excluding hydrogens is 504 g/mol. The number of piperidine rings is 1. The van der Waals surface area contributed by atoms with Crippen LogP contribution < -0.4 is 10.0 Å². The Morgan fingerprint density at radius 1 is 1.11 bits per heavy atom. The van der Waals surface area contributed by atoms with Crippen molar-refractivity contribution in [1.82, 2.24) is 19.6 Å². The van der Waals surface area contributed by atoms with Gasteiger partial charge in [0.25, 0.3) is 5.91 Å². The van der Waals surface area contributed by atoms with Gasteiger partial charge in [0.05, 0.1) is 48.5 Å². The molecule has 1 aromatic carbocycles. The highest BCUT2D eigenvalue weighted by molar-refractivity contribution is 7.92. The quantitative estimate of drug-likeness (QED) is 0.598. The number of nitrogens with one attached hydrogen (secondary N) is 2. The first-order chi connectivity index (χ1) is 18.3. The summed E-state index contributed by atoms with van der Waals surface area (Å²) in [6.07, 6.45) is 7.17. The van der Waals surface area contributed by atoms with Crippen LogP contribution in [-0.2, 0) is 14.8 Å². The largest absolute Gasteiger partial charge is 0.378 e. The summed E-state index contributed by atoms with van der Waals surface area (Å²) in [7, 11) is -3.53. The lowest BCUT2D eigenvalue weighted by Crippen LogP contribution is -2.41. The Hall–Kier alpha value is -3.05. The number of aromatic nitrogens is 2. The predicted octanol–water partition coefficient (Wildman–Crippen LogP) is 3.41. The Bertz CT molecular complexity index is 1380. The zero-order valence-electron chi connectivity index (χ0n) is 22.1. The first-order valence-corrected chi connectivity index (χ1v) is 15.5. The summed E-state index contributed by atoms with van der Waals surface area (Å²) in [5.74, 6) is 1.99. The van der Waals surface area contributed by atoms with Crippen molar-refractivity contribution >= 4 is 33.3 Å². The topological polar surface area (TPSA) is 109 Å². The van der Waals surface area contributed by atoms with Crippen molar-refractivity contribution in [1.29, 1.82) is 0 Å². The molecule has 1 saturated carbocycles. The van der Waals surface area contributed by atoms with E-state index in [4.69, 9.17) is 9.84 Å². The van der Waals surface area contributed by atoms with E-state index >= 15 is 0 Å². The molecule has 1 amide bonds. The molecular formula is C27H36N6O4S. The number of sulfonamides is 1. The highest BCUT2D eigenvalue weighted by Crippen LogP contribution is 2.41. The Balaban J connectivity index is 1.35. The molecule has 2 unspecified atom stereocenters. The predicted molar refractivity (Wildman–Crippen MR) is 146 cm³/mol. The van der Waals surface area contributed by atoms with Crippen molar-refractivity contribution < 1.29 is 17.9 Å². The number of hydrogen-bond acceptors (Lipinski definition) is 7. The van der Waals surface area contributed by atoms with Crippen LogP contribution in [0.1, 0.15) is 66.2 Å². The summed E-state index contributed by atoms with van der Waals surface area (Å²) in [4.78, 5) is 18.2. The van der Waals surface area contributed by atoms with E-state index in [0.29, 0.717) is 37.1 Å². The zero-order valence-corrected chi connectivity index (χ0v) is 22.9. The maximum atomic E-state index is 14.0. The summed E-state index contributed by atoms with van der Waals surface area (Å²) in [6.45, 7) is 5.62. The maximum Gasteiger partial charge on any atom is 0.256 e. The SMILES string of the molecule is Cc1ccc(NS(C)(=O)=O)c(C(=O)N2CCCCC2c2cc3n(n2)C(N2CCOCC2)=C2CCCC2N3)c1. The van der Waals surface area contributed by atoms with E-state index < -0.39 is 10.0 Å². The fourth-order valence-electron chi connectivity index (χ4n) is 6.29. The summed E-state index contributed by atoms with van der Waals surface area (Å²) < 4.78 is 34.2. The highest BCUT2D eigenvalue weighted by atomic mass is 32.2. The fourth-order valence-corrected chi connectivity index (χ4v) is 6.86. The van der Waals surface area contributed by atoms with E-state index in [0.717, 1.165) is 68.5 Å². The molecule has 3 fully saturated rings. The van der Waals surface area contributed by atoms with Crippen LogP contribution in [0.15, 0.2) is 29.8 Å². The van der Waals surface area contributed by atoms with Crippen molar-refractivity contribution in [2.24, 2.45) is 0 Å². The van der Waals surface area contributed by atoms with Gasteiger partial charge in [-0.05, 0) is 63.2 Å². The maximum absolute atomic E-state index is 14.0. The first-order valence-electron chi connectivity index (χ1n) is 13.6. The van der Waals surface area contributed by atoms with Crippen LogP contribution in [0.25, 0.3) is 5.82 Å². The third kappa shape index (κ3) is 4.77. The second-order valence-electron chi connectivity index (χ2n) is 10.8. The van der Waals surface area contributed by atoms with Crippen molar-refractivity contribution in [3.8, 4) is 0 Å². The number of hydrogen-bond donors (Lipinski definition) is 2. The van der Waals surface area contributed by atoms with Gasteiger partial charge in [-0.2, -0.15) is 5.10 Å². The zero-order chi connectivity index (χ0) is 26.4. The lowest BCUT2D eigenvalue weighted by Gasteiger charge is -2.36. The van der Waals surface area contributed by atoms with E-state index in [1.807, 2.05) is 17.9 Å². The molecule has 10 nitrogen and oxygen atoms in total. The number of morpholine rings is 1. The summed E-state index contributed by atoms with van der Waals surface area (Å²) >= 11 is 0. The second kappa shape index (κ2) is 9.92. The number of fused-ring (bicyclic) bond motifs is 2. The van der Waals surface area contributed by atoms with Gasteiger partial charge in [0.15, 0.2) is 0 Å². The smallest absolute Gasteiger partial charge is 0.256 e. The van der Waals surface area contributed by atoms with Gasteiger partial charge in [0.2, 0.25) is 10.0 Å². The Morgan fingerprint density at radius 3 is 2.71 bits per heavy atom. The molecule has 2 saturated heterocycles. The van der Waals surface area contributed by atoms with Gasteiger partial charge >= 0.3 is 0 Å². The molecule has 0 radical (unpaired) electrons. The van der Waals surface area contributed by atoms with E-state index in [-0.39, 0.29) is 11.9 Å². The van der Waals surface area contributed by atoms with Gasteiger partial charge in [0, 0.05) is 25.7 Å². The number of benzene rings is 1. The van der Waals surface area contributed by atoms with Crippen LogP contribution >= 0.6 is 0 Å². The highest BCUT2D eigenvalue weighted by Gasteiger charge is 2.37. The van der Waals surface area contributed by atoms with Crippen LogP contribution in [0, 0.1) is 6.92 Å². The van der Waals surface area contributed by atoms with Gasteiger partial charge in [-0.25, -0.2) is 13.1 Å². The van der Waals surface area contributed by atoms with Gasteiger partial charge in [-0.3, -0.25) is 9.52 Å². The number of amides is 1. The number of nitrogens with zero attached hydrogens (tertiary/aromatic N) is 4. The fraction of sp³-hybridized carbons (Fsp3) is 0.556. The third-order valence-electron chi connectivity index (χ3n) is 8.01. The second-order valence-corrected chi connectivity index (χ2v) is 12.6. The van der Waals surface area contributed by atoms with E-state index in [1.165, 1.54) is 17.8 Å². The van der Waals surface area contributed by atoms with Crippen molar-refractivity contribution in [2.45, 2.75) is 57.5 Å². The number of carbonyl (C=O) groups is 1. The molecule has 0 bridgehead atoms. The summed E-state index contributed by atoms with van der Waals surface area (Å²) in [5, 5.41) is 8.84. The van der Waals surface area contributed by atoms with Crippen molar-refractivity contribution in [2.75, 3.05) is 49.1 Å². The summed E-state index contributed by atoms with van der Waals surface area (Å²) in [5.41, 5.74) is 3.87. The molecule has 4 aliphatic rings. The lowest BCUT2D eigenvalue weighted by atomic mass is 9.97. The Labute approximate surface area is 224 Å². The third-order valence-corrected chi connectivity index (χ3v) is 8.60. The minimum absolute atomic E-state index is 0.174. The van der Waals surface area contributed by atoms with Crippen molar-refractivity contribution in [3.63, 3.8) is 0 Å². The molecule has 0 spiro atoms. The Kier molecular flexibility index (Phi) is 6.59. The lowest BCUT2D eigenvalue weighted by molar-refractivity contribution is 0.0594. The number of carbonyl (C=O) groups excluding carboxylic acids is 1. The molecule has 2 atom stereocenters. The monoisotopic (exact) mass is 540 g/mol. The molecule has 6 rings (SSSR count). The molecule has 4 heterocycles. The van der Waals surface area contributed by atoms with E-state index in [9.17, 15) is 13.2 Å². The normalized spacial score (nSPS) is 23.6.